The molecule has 2 aromatic rings. The molecular formula is C13H16BrClN4. The molecule has 0 aliphatic carbocycles. The fraction of sp³-hybridized carbons (Fsp3) is 0.462. The van der Waals surface area contributed by atoms with Gasteiger partial charge in [0.1, 0.15) is 5.15 Å². The van der Waals surface area contributed by atoms with Gasteiger partial charge in [-0.3, -0.25) is 4.68 Å². The van der Waals surface area contributed by atoms with Crippen LogP contribution in [-0.4, -0.2) is 19.7 Å². The third-order valence-electron chi connectivity index (χ3n) is 2.71. The number of nitrogens with zero attached hydrogens (tertiary/aromatic N) is 4. The van der Waals surface area contributed by atoms with Gasteiger partial charge in [0, 0.05) is 12.7 Å². The molecule has 2 aromatic heterocycles. The Kier molecular flexibility index (Phi) is 4.93. The molecule has 0 unspecified atom stereocenters. The van der Waals surface area contributed by atoms with Gasteiger partial charge in [-0.05, 0) is 28.8 Å². The van der Waals surface area contributed by atoms with Gasteiger partial charge in [-0.1, -0.05) is 31.9 Å². The maximum atomic E-state index is 6.15. The lowest BCUT2D eigenvalue weighted by Crippen LogP contribution is -1.98. The minimum Gasteiger partial charge on any atom is -0.272 e. The van der Waals surface area contributed by atoms with Crippen LogP contribution in [0.4, 0.5) is 0 Å². The Bertz CT molecular complexity index is 568. The van der Waals surface area contributed by atoms with E-state index in [1.165, 1.54) is 0 Å². The van der Waals surface area contributed by atoms with Crippen molar-refractivity contribution in [3.05, 3.63) is 27.7 Å². The van der Waals surface area contributed by atoms with Crippen LogP contribution >= 0.6 is 27.5 Å². The second kappa shape index (κ2) is 6.48. The lowest BCUT2D eigenvalue weighted by Gasteiger charge is -2.06. The molecule has 2 heterocycles. The molecule has 6 heteroatoms. The largest absolute Gasteiger partial charge is 0.272 e. The Morgan fingerprint density at radius 1 is 1.26 bits per heavy atom. The highest BCUT2D eigenvalue weighted by molar-refractivity contribution is 9.10. The first-order valence-corrected chi connectivity index (χ1v) is 7.57. The minimum atomic E-state index is 0.455. The van der Waals surface area contributed by atoms with E-state index >= 15 is 0 Å². The number of aryl methyl sites for hydroxylation is 2. The first-order chi connectivity index (χ1) is 9.15. The zero-order valence-electron chi connectivity index (χ0n) is 11.0. The molecule has 102 valence electrons. The van der Waals surface area contributed by atoms with Gasteiger partial charge in [-0.15, -0.1) is 0 Å². The van der Waals surface area contributed by atoms with Crippen molar-refractivity contribution in [3.8, 4) is 11.4 Å². The lowest BCUT2D eigenvalue weighted by molar-refractivity contribution is 0.603. The molecule has 0 radical (unpaired) electrons. The molecule has 0 saturated heterocycles. The van der Waals surface area contributed by atoms with Crippen molar-refractivity contribution >= 4 is 27.5 Å². The molecule has 0 aliphatic heterocycles. The summed E-state index contributed by atoms with van der Waals surface area (Å²) in [5.74, 6) is 0.638. The summed E-state index contributed by atoms with van der Waals surface area (Å²) in [6.45, 7) is 5.13. The highest BCUT2D eigenvalue weighted by atomic mass is 79.9. The molecule has 0 atom stereocenters. The fourth-order valence-corrected chi connectivity index (χ4v) is 2.39. The van der Waals surface area contributed by atoms with E-state index in [0.29, 0.717) is 11.0 Å². The van der Waals surface area contributed by atoms with Gasteiger partial charge in [0.2, 0.25) is 0 Å². The van der Waals surface area contributed by atoms with E-state index in [1.807, 2.05) is 10.9 Å². The number of hydrogen-bond donors (Lipinski definition) is 0. The first-order valence-electron chi connectivity index (χ1n) is 6.40. The molecule has 0 aromatic carbocycles. The first kappa shape index (κ1) is 14.5. The fourth-order valence-electron chi connectivity index (χ4n) is 1.83. The van der Waals surface area contributed by atoms with E-state index in [0.717, 1.165) is 41.5 Å². The Labute approximate surface area is 126 Å². The summed E-state index contributed by atoms with van der Waals surface area (Å²) < 4.78 is 2.69. The Balaban J connectivity index is 2.37. The van der Waals surface area contributed by atoms with Crippen molar-refractivity contribution in [2.45, 2.75) is 39.7 Å². The molecular weight excluding hydrogens is 328 g/mol. The number of halogens is 2. The Hall–Kier alpha value is -0.940. The average Bonchev–Trinajstić information content (AvgIpc) is 2.84. The number of hydrogen-bond acceptors (Lipinski definition) is 3. The van der Waals surface area contributed by atoms with Crippen LogP contribution in [0.1, 0.15) is 32.4 Å². The van der Waals surface area contributed by atoms with Crippen LogP contribution in [0.15, 0.2) is 16.9 Å². The molecule has 0 N–H and O–H groups in total. The highest BCUT2D eigenvalue weighted by Gasteiger charge is 2.12. The monoisotopic (exact) mass is 342 g/mol. The number of rotatable bonds is 5. The van der Waals surface area contributed by atoms with Gasteiger partial charge < -0.3 is 0 Å². The molecule has 0 spiro atoms. The third kappa shape index (κ3) is 3.34. The lowest BCUT2D eigenvalue weighted by atomic mass is 10.2. The second-order valence-corrected chi connectivity index (χ2v) is 5.49. The maximum absolute atomic E-state index is 6.15. The van der Waals surface area contributed by atoms with Crippen molar-refractivity contribution < 1.29 is 0 Å². The molecule has 0 bridgehead atoms. The van der Waals surface area contributed by atoms with Crippen LogP contribution in [0.3, 0.4) is 0 Å². The summed E-state index contributed by atoms with van der Waals surface area (Å²) in [7, 11) is 0. The Morgan fingerprint density at radius 2 is 2.05 bits per heavy atom. The summed E-state index contributed by atoms with van der Waals surface area (Å²) in [5.41, 5.74) is 1.85. The average molecular weight is 344 g/mol. The SMILES string of the molecule is CCCc1nc(-c2cnn(CCC)c2)nc(Cl)c1Br. The van der Waals surface area contributed by atoms with Crippen LogP contribution in [0.25, 0.3) is 11.4 Å². The Morgan fingerprint density at radius 3 is 2.74 bits per heavy atom. The molecule has 2 rings (SSSR count). The van der Waals surface area contributed by atoms with Gasteiger partial charge in [-0.25, -0.2) is 9.97 Å². The van der Waals surface area contributed by atoms with Gasteiger partial charge >= 0.3 is 0 Å². The summed E-state index contributed by atoms with van der Waals surface area (Å²) >= 11 is 9.59. The van der Waals surface area contributed by atoms with E-state index in [9.17, 15) is 0 Å². The summed E-state index contributed by atoms with van der Waals surface area (Å²) in [6.07, 6.45) is 6.67. The van der Waals surface area contributed by atoms with Crippen LogP contribution in [0.2, 0.25) is 5.15 Å². The zero-order chi connectivity index (χ0) is 13.8. The normalized spacial score (nSPS) is 10.9. The predicted octanol–water partition coefficient (Wildman–Crippen LogP) is 4.12. The molecule has 0 fully saturated rings. The van der Waals surface area contributed by atoms with Crippen LogP contribution < -0.4 is 0 Å². The molecule has 19 heavy (non-hydrogen) atoms. The van der Waals surface area contributed by atoms with E-state index in [-0.39, 0.29) is 0 Å². The second-order valence-electron chi connectivity index (χ2n) is 4.34. The van der Waals surface area contributed by atoms with E-state index in [4.69, 9.17) is 11.6 Å². The van der Waals surface area contributed by atoms with Crippen molar-refractivity contribution in [1.82, 2.24) is 19.7 Å². The van der Waals surface area contributed by atoms with Crippen LogP contribution in [-0.2, 0) is 13.0 Å². The quantitative estimate of drug-likeness (QED) is 0.767. The summed E-state index contributed by atoms with van der Waals surface area (Å²) in [5, 5.41) is 4.75. The summed E-state index contributed by atoms with van der Waals surface area (Å²) in [6, 6.07) is 0. The van der Waals surface area contributed by atoms with Crippen molar-refractivity contribution in [2.24, 2.45) is 0 Å². The van der Waals surface area contributed by atoms with Gasteiger partial charge in [0.05, 0.1) is 21.9 Å². The van der Waals surface area contributed by atoms with Gasteiger partial charge in [0.25, 0.3) is 0 Å². The highest BCUT2D eigenvalue weighted by Crippen LogP contribution is 2.27. The van der Waals surface area contributed by atoms with Gasteiger partial charge in [0.15, 0.2) is 5.82 Å². The van der Waals surface area contributed by atoms with Crippen molar-refractivity contribution in [1.29, 1.82) is 0 Å². The van der Waals surface area contributed by atoms with Crippen LogP contribution in [0, 0.1) is 0 Å². The topological polar surface area (TPSA) is 43.6 Å². The van der Waals surface area contributed by atoms with E-state index in [1.54, 1.807) is 6.20 Å². The number of aromatic nitrogens is 4. The molecule has 0 amide bonds. The standard InChI is InChI=1S/C13H16BrClN4/c1-3-5-10-11(14)12(15)18-13(17-10)9-7-16-19(8-9)6-4-2/h7-8H,3-6H2,1-2H3. The zero-order valence-corrected chi connectivity index (χ0v) is 13.4. The predicted molar refractivity (Wildman–Crippen MR) is 80.2 cm³/mol. The van der Waals surface area contributed by atoms with Crippen molar-refractivity contribution in [2.75, 3.05) is 0 Å². The molecule has 0 saturated carbocycles. The minimum absolute atomic E-state index is 0.455. The summed E-state index contributed by atoms with van der Waals surface area (Å²) in [4.78, 5) is 8.88. The van der Waals surface area contributed by atoms with E-state index < -0.39 is 0 Å². The molecule has 0 aliphatic rings. The van der Waals surface area contributed by atoms with Gasteiger partial charge in [-0.2, -0.15) is 5.10 Å². The van der Waals surface area contributed by atoms with Crippen molar-refractivity contribution in [3.63, 3.8) is 0 Å². The molecule has 4 nitrogen and oxygen atoms in total. The maximum Gasteiger partial charge on any atom is 0.164 e. The van der Waals surface area contributed by atoms with Crippen LogP contribution in [0.5, 0.6) is 0 Å². The van der Waals surface area contributed by atoms with E-state index in [2.05, 4.69) is 44.8 Å². The smallest absolute Gasteiger partial charge is 0.164 e. The third-order valence-corrected chi connectivity index (χ3v) is 4.05.